The number of anilines is 1. The lowest BCUT2D eigenvalue weighted by molar-refractivity contribution is -0.387. The fraction of sp³-hybridized carbons (Fsp3) is 0.500. The van der Waals surface area contributed by atoms with Crippen LogP contribution in [0.25, 0.3) is 0 Å². The molecule has 0 radical (unpaired) electrons. The van der Waals surface area contributed by atoms with Crippen LogP contribution < -0.4 is 10.1 Å². The molecule has 0 atom stereocenters. The van der Waals surface area contributed by atoms with Crippen molar-refractivity contribution in [1.82, 2.24) is 9.97 Å². The minimum Gasteiger partial charge on any atom is -0.470 e. The number of rotatable bonds is 5. The van der Waals surface area contributed by atoms with Crippen LogP contribution in [0.2, 0.25) is 0 Å². The normalized spacial score (nSPS) is 9.94. The summed E-state index contributed by atoms with van der Waals surface area (Å²) in [6.07, 6.45) is 0. The largest absolute Gasteiger partial charge is 0.470 e. The molecule has 1 heterocycles. The van der Waals surface area contributed by atoms with Crippen LogP contribution in [0, 0.1) is 17.0 Å². The van der Waals surface area contributed by atoms with Gasteiger partial charge in [0.1, 0.15) is 12.3 Å². The smallest absolute Gasteiger partial charge is 0.352 e. The molecule has 0 bridgehead atoms. The molecular weight excluding hydrogens is 216 g/mol. The van der Waals surface area contributed by atoms with Gasteiger partial charge in [0.2, 0.25) is 5.95 Å². The molecule has 0 aromatic carbocycles. The number of aromatic nitrogens is 2. The predicted molar refractivity (Wildman–Crippen MR) is 55.6 cm³/mol. The third kappa shape index (κ3) is 2.54. The Hall–Kier alpha value is -1.96. The minimum absolute atomic E-state index is 0.0551. The standard InChI is InChI=1S/C8H12N4O4/c1-5-6(12(14)15)7(16-4-3-13)11-8(9-2)10-5/h13H,3-4H2,1-2H3,(H,9,10,11). The van der Waals surface area contributed by atoms with Crippen molar-refractivity contribution in [2.75, 3.05) is 25.6 Å². The summed E-state index contributed by atoms with van der Waals surface area (Å²) in [4.78, 5) is 17.8. The van der Waals surface area contributed by atoms with E-state index in [-0.39, 0.29) is 36.4 Å². The second kappa shape index (κ2) is 5.21. The lowest BCUT2D eigenvalue weighted by Gasteiger charge is -2.07. The van der Waals surface area contributed by atoms with Crippen molar-refractivity contribution in [2.24, 2.45) is 0 Å². The van der Waals surface area contributed by atoms with E-state index >= 15 is 0 Å². The second-order valence-electron chi connectivity index (χ2n) is 2.87. The summed E-state index contributed by atoms with van der Waals surface area (Å²) in [7, 11) is 1.59. The maximum Gasteiger partial charge on any atom is 0.352 e. The monoisotopic (exact) mass is 228 g/mol. The molecule has 8 heteroatoms. The van der Waals surface area contributed by atoms with Gasteiger partial charge in [-0.3, -0.25) is 10.1 Å². The van der Waals surface area contributed by atoms with Gasteiger partial charge in [-0.15, -0.1) is 0 Å². The molecule has 0 aliphatic heterocycles. The summed E-state index contributed by atoms with van der Waals surface area (Å²) in [6.45, 7) is 1.20. The zero-order valence-electron chi connectivity index (χ0n) is 8.93. The van der Waals surface area contributed by atoms with Crippen LogP contribution in [-0.4, -0.2) is 40.3 Å². The first-order chi connectivity index (χ1) is 7.60. The molecule has 0 aliphatic carbocycles. The van der Waals surface area contributed by atoms with Gasteiger partial charge in [-0.05, 0) is 6.92 Å². The number of aliphatic hydroxyl groups excluding tert-OH is 1. The Kier molecular flexibility index (Phi) is 3.95. The predicted octanol–water partition coefficient (Wildman–Crippen LogP) is 0.106. The molecule has 0 saturated carbocycles. The van der Waals surface area contributed by atoms with Crippen LogP contribution >= 0.6 is 0 Å². The van der Waals surface area contributed by atoms with Gasteiger partial charge < -0.3 is 15.2 Å². The number of aryl methyl sites for hydroxylation is 1. The fourth-order valence-corrected chi connectivity index (χ4v) is 1.11. The Morgan fingerprint density at radius 3 is 2.75 bits per heavy atom. The van der Waals surface area contributed by atoms with E-state index in [4.69, 9.17) is 9.84 Å². The Morgan fingerprint density at radius 1 is 1.56 bits per heavy atom. The first kappa shape index (κ1) is 12.1. The van der Waals surface area contributed by atoms with Gasteiger partial charge in [0, 0.05) is 7.05 Å². The van der Waals surface area contributed by atoms with Gasteiger partial charge in [-0.1, -0.05) is 0 Å². The molecule has 0 unspecified atom stereocenters. The Bertz CT molecular complexity index is 396. The van der Waals surface area contributed by atoms with Gasteiger partial charge in [0.25, 0.3) is 5.88 Å². The van der Waals surface area contributed by atoms with Gasteiger partial charge in [-0.2, -0.15) is 4.98 Å². The highest BCUT2D eigenvalue weighted by Crippen LogP contribution is 2.28. The molecule has 88 valence electrons. The third-order valence-electron chi connectivity index (χ3n) is 1.76. The Balaban J connectivity index is 3.17. The van der Waals surface area contributed by atoms with E-state index in [9.17, 15) is 10.1 Å². The summed E-state index contributed by atoms with van der Waals surface area (Å²) >= 11 is 0. The van der Waals surface area contributed by atoms with E-state index in [1.807, 2.05) is 0 Å². The summed E-state index contributed by atoms with van der Waals surface area (Å²) < 4.78 is 4.99. The van der Waals surface area contributed by atoms with Crippen LogP contribution in [0.5, 0.6) is 5.88 Å². The van der Waals surface area contributed by atoms with Crippen molar-refractivity contribution in [3.05, 3.63) is 15.8 Å². The molecule has 1 aromatic rings. The molecule has 0 aliphatic rings. The Morgan fingerprint density at radius 2 is 2.25 bits per heavy atom. The van der Waals surface area contributed by atoms with Crippen molar-refractivity contribution in [3.63, 3.8) is 0 Å². The van der Waals surface area contributed by atoms with Crippen molar-refractivity contribution in [3.8, 4) is 5.88 Å². The van der Waals surface area contributed by atoms with E-state index in [0.717, 1.165) is 0 Å². The van der Waals surface area contributed by atoms with E-state index in [0.29, 0.717) is 0 Å². The average molecular weight is 228 g/mol. The number of nitrogens with zero attached hydrogens (tertiary/aromatic N) is 3. The molecule has 0 spiro atoms. The van der Waals surface area contributed by atoms with E-state index < -0.39 is 4.92 Å². The first-order valence-corrected chi connectivity index (χ1v) is 4.54. The third-order valence-corrected chi connectivity index (χ3v) is 1.76. The molecule has 0 saturated heterocycles. The average Bonchev–Trinajstić information content (AvgIpc) is 2.24. The van der Waals surface area contributed by atoms with E-state index in [1.165, 1.54) is 6.92 Å². The maximum atomic E-state index is 10.8. The SMILES string of the molecule is CNc1nc(C)c([N+](=O)[O-])c(OCCO)n1. The minimum atomic E-state index is -0.610. The maximum absolute atomic E-state index is 10.8. The first-order valence-electron chi connectivity index (χ1n) is 4.54. The highest BCUT2D eigenvalue weighted by atomic mass is 16.6. The molecule has 1 rings (SSSR count). The lowest BCUT2D eigenvalue weighted by atomic mass is 10.3. The van der Waals surface area contributed by atoms with Crippen molar-refractivity contribution in [1.29, 1.82) is 0 Å². The molecule has 0 amide bonds. The highest BCUT2D eigenvalue weighted by Gasteiger charge is 2.23. The zero-order chi connectivity index (χ0) is 12.1. The van der Waals surface area contributed by atoms with Crippen LogP contribution in [-0.2, 0) is 0 Å². The lowest BCUT2D eigenvalue weighted by Crippen LogP contribution is -2.09. The van der Waals surface area contributed by atoms with Crippen molar-refractivity contribution >= 4 is 11.6 Å². The zero-order valence-corrected chi connectivity index (χ0v) is 8.93. The number of ether oxygens (including phenoxy) is 1. The van der Waals surface area contributed by atoms with Crippen molar-refractivity contribution < 1.29 is 14.8 Å². The molecule has 16 heavy (non-hydrogen) atoms. The molecule has 1 aromatic heterocycles. The quantitative estimate of drug-likeness (QED) is 0.543. The van der Waals surface area contributed by atoms with E-state index in [1.54, 1.807) is 7.05 Å². The molecule has 2 N–H and O–H groups in total. The molecular formula is C8H12N4O4. The van der Waals surface area contributed by atoms with Crippen LogP contribution in [0.3, 0.4) is 0 Å². The number of hydrogen-bond donors (Lipinski definition) is 2. The molecule has 0 fully saturated rings. The van der Waals surface area contributed by atoms with Gasteiger partial charge in [0.05, 0.1) is 11.5 Å². The van der Waals surface area contributed by atoms with Gasteiger partial charge >= 0.3 is 5.69 Å². The summed E-state index contributed by atoms with van der Waals surface area (Å²) in [5.41, 5.74) is -0.0789. The molecule has 8 nitrogen and oxygen atoms in total. The fourth-order valence-electron chi connectivity index (χ4n) is 1.11. The highest BCUT2D eigenvalue weighted by molar-refractivity contribution is 5.48. The summed E-state index contributed by atoms with van der Waals surface area (Å²) in [5.74, 6) is 0.0898. The number of aliphatic hydroxyl groups is 1. The number of nitro groups is 1. The topological polar surface area (TPSA) is 110 Å². The van der Waals surface area contributed by atoms with Crippen molar-refractivity contribution in [2.45, 2.75) is 6.92 Å². The Labute approximate surface area is 91.4 Å². The van der Waals surface area contributed by atoms with E-state index in [2.05, 4.69) is 15.3 Å². The summed E-state index contributed by atoms with van der Waals surface area (Å²) in [6, 6.07) is 0. The number of hydrogen-bond acceptors (Lipinski definition) is 7. The van der Waals surface area contributed by atoms with Gasteiger partial charge in [-0.25, -0.2) is 4.98 Å². The number of nitrogens with one attached hydrogen (secondary N) is 1. The van der Waals surface area contributed by atoms with Gasteiger partial charge in [0.15, 0.2) is 0 Å². The summed E-state index contributed by atoms with van der Waals surface area (Å²) in [5, 5.41) is 22.0. The van der Waals surface area contributed by atoms with Crippen LogP contribution in [0.15, 0.2) is 0 Å². The van der Waals surface area contributed by atoms with Crippen LogP contribution in [0.4, 0.5) is 11.6 Å². The van der Waals surface area contributed by atoms with Crippen LogP contribution in [0.1, 0.15) is 5.69 Å². The second-order valence-corrected chi connectivity index (χ2v) is 2.87.